The van der Waals surface area contributed by atoms with Crippen LogP contribution in [0.15, 0.2) is 18.2 Å². The molecule has 0 aliphatic heterocycles. The Balaban J connectivity index is 3.18. The average molecular weight is 176 g/mol. The minimum atomic E-state index is -2.71. The van der Waals surface area contributed by atoms with Crippen molar-refractivity contribution < 1.29 is 17.9 Å². The van der Waals surface area contributed by atoms with E-state index >= 15 is 0 Å². The molecule has 0 amide bonds. The maximum Gasteiger partial charge on any atom is 0.267 e. The second-order valence-corrected chi connectivity index (χ2v) is 2.16. The fourth-order valence-electron chi connectivity index (χ4n) is 0.913. The third-order valence-corrected chi connectivity index (χ3v) is 1.44. The summed E-state index contributed by atoms with van der Waals surface area (Å²) >= 11 is 0. The Hall–Kier alpha value is -1.19. The lowest BCUT2D eigenvalue weighted by Crippen LogP contribution is -1.95. The van der Waals surface area contributed by atoms with Crippen LogP contribution in [-0.2, 0) is 0 Å². The van der Waals surface area contributed by atoms with Crippen LogP contribution in [0.4, 0.5) is 13.2 Å². The molecule has 0 fully saturated rings. The van der Waals surface area contributed by atoms with Crippen molar-refractivity contribution in [1.29, 1.82) is 0 Å². The first kappa shape index (κ1) is 8.90. The van der Waals surface area contributed by atoms with E-state index in [2.05, 4.69) is 4.74 Å². The molecule has 1 rings (SSSR count). The van der Waals surface area contributed by atoms with Crippen LogP contribution in [0, 0.1) is 5.82 Å². The van der Waals surface area contributed by atoms with E-state index in [0.717, 1.165) is 19.2 Å². The van der Waals surface area contributed by atoms with Crippen molar-refractivity contribution in [3.05, 3.63) is 29.6 Å². The number of hydrogen-bond donors (Lipinski definition) is 0. The molecule has 0 aliphatic rings. The topological polar surface area (TPSA) is 9.23 Å². The molecule has 0 saturated heterocycles. The maximum absolute atomic E-state index is 12.8. The Morgan fingerprint density at radius 1 is 1.33 bits per heavy atom. The van der Waals surface area contributed by atoms with Gasteiger partial charge in [0.1, 0.15) is 0 Å². The molecule has 0 spiro atoms. The number of hydrogen-bond acceptors (Lipinski definition) is 1. The third-order valence-electron chi connectivity index (χ3n) is 1.44. The standard InChI is InChI=1S/C8H7F3O/c1-12-7-5(8(10)11)3-2-4-6(7)9/h2-4,8H,1H3. The van der Waals surface area contributed by atoms with Crippen molar-refractivity contribution in [2.24, 2.45) is 0 Å². The van der Waals surface area contributed by atoms with E-state index < -0.39 is 17.8 Å². The molecule has 0 heterocycles. The van der Waals surface area contributed by atoms with E-state index in [-0.39, 0.29) is 5.75 Å². The van der Waals surface area contributed by atoms with Gasteiger partial charge in [0.2, 0.25) is 0 Å². The van der Waals surface area contributed by atoms with Crippen molar-refractivity contribution in [1.82, 2.24) is 0 Å². The van der Waals surface area contributed by atoms with Crippen molar-refractivity contribution in [3.8, 4) is 5.75 Å². The first-order valence-electron chi connectivity index (χ1n) is 3.27. The molecule has 0 unspecified atom stereocenters. The number of alkyl halides is 2. The summed E-state index contributed by atoms with van der Waals surface area (Å²) < 4.78 is 41.5. The molecular formula is C8H7F3O. The third kappa shape index (κ3) is 1.52. The molecule has 4 heteroatoms. The molecular weight excluding hydrogens is 169 g/mol. The summed E-state index contributed by atoms with van der Waals surface area (Å²) in [7, 11) is 1.16. The second kappa shape index (κ2) is 3.47. The fourth-order valence-corrected chi connectivity index (χ4v) is 0.913. The maximum atomic E-state index is 12.8. The zero-order valence-corrected chi connectivity index (χ0v) is 6.35. The Bertz CT molecular complexity index is 273. The van der Waals surface area contributed by atoms with Gasteiger partial charge in [-0.05, 0) is 12.1 Å². The highest BCUT2D eigenvalue weighted by atomic mass is 19.3. The Morgan fingerprint density at radius 3 is 2.42 bits per heavy atom. The zero-order valence-electron chi connectivity index (χ0n) is 6.35. The molecule has 12 heavy (non-hydrogen) atoms. The van der Waals surface area contributed by atoms with Gasteiger partial charge >= 0.3 is 0 Å². The van der Waals surface area contributed by atoms with Gasteiger partial charge < -0.3 is 4.74 Å². The Morgan fingerprint density at radius 2 is 2.00 bits per heavy atom. The first-order valence-corrected chi connectivity index (χ1v) is 3.27. The van der Waals surface area contributed by atoms with Crippen LogP contribution >= 0.6 is 0 Å². The highest BCUT2D eigenvalue weighted by Crippen LogP contribution is 2.30. The number of ether oxygens (including phenoxy) is 1. The van der Waals surface area contributed by atoms with E-state index in [1.165, 1.54) is 6.07 Å². The Kier molecular flexibility index (Phi) is 2.58. The predicted octanol–water partition coefficient (Wildman–Crippen LogP) is 2.77. The summed E-state index contributed by atoms with van der Waals surface area (Å²) in [5.41, 5.74) is -0.419. The summed E-state index contributed by atoms with van der Waals surface area (Å²) in [6.45, 7) is 0. The first-order chi connectivity index (χ1) is 5.66. The molecule has 66 valence electrons. The summed E-state index contributed by atoms with van der Waals surface area (Å²) in [6, 6.07) is 3.43. The minimum absolute atomic E-state index is 0.382. The van der Waals surface area contributed by atoms with Gasteiger partial charge in [0.15, 0.2) is 11.6 Å². The van der Waals surface area contributed by atoms with E-state index in [1.54, 1.807) is 0 Å². The largest absolute Gasteiger partial charge is 0.493 e. The van der Waals surface area contributed by atoms with Gasteiger partial charge in [-0.3, -0.25) is 0 Å². The van der Waals surface area contributed by atoms with Gasteiger partial charge in [0, 0.05) is 0 Å². The molecule has 0 radical (unpaired) electrons. The van der Waals surface area contributed by atoms with Crippen LogP contribution in [0.5, 0.6) is 5.75 Å². The molecule has 0 bridgehead atoms. The SMILES string of the molecule is COc1c(F)cccc1C(F)F. The number of halogens is 3. The number of rotatable bonds is 2. The summed E-state index contributed by atoms with van der Waals surface area (Å²) in [5, 5.41) is 0. The van der Waals surface area contributed by atoms with E-state index in [1.807, 2.05) is 0 Å². The van der Waals surface area contributed by atoms with Crippen molar-refractivity contribution in [2.75, 3.05) is 7.11 Å². The van der Waals surface area contributed by atoms with Gasteiger partial charge in [-0.25, -0.2) is 13.2 Å². The van der Waals surface area contributed by atoms with E-state index in [9.17, 15) is 13.2 Å². The molecule has 0 atom stereocenters. The lowest BCUT2D eigenvalue weighted by Gasteiger charge is -2.07. The number of benzene rings is 1. The van der Waals surface area contributed by atoms with Crippen LogP contribution in [0.25, 0.3) is 0 Å². The molecule has 0 aromatic heterocycles. The highest BCUT2D eigenvalue weighted by Gasteiger charge is 2.16. The van der Waals surface area contributed by atoms with Crippen molar-refractivity contribution >= 4 is 0 Å². The molecule has 1 aromatic rings. The van der Waals surface area contributed by atoms with Crippen LogP contribution in [0.2, 0.25) is 0 Å². The van der Waals surface area contributed by atoms with Crippen LogP contribution < -0.4 is 4.74 Å². The second-order valence-electron chi connectivity index (χ2n) is 2.16. The summed E-state index contributed by atoms with van der Waals surface area (Å²) in [4.78, 5) is 0. The van der Waals surface area contributed by atoms with Gasteiger partial charge in [0.25, 0.3) is 6.43 Å². The summed E-state index contributed by atoms with van der Waals surface area (Å²) in [5.74, 6) is -1.15. The molecule has 1 nitrogen and oxygen atoms in total. The normalized spacial score (nSPS) is 10.4. The van der Waals surface area contributed by atoms with Crippen molar-refractivity contribution in [3.63, 3.8) is 0 Å². The zero-order chi connectivity index (χ0) is 9.14. The van der Waals surface area contributed by atoms with E-state index in [4.69, 9.17) is 0 Å². The monoisotopic (exact) mass is 176 g/mol. The lowest BCUT2D eigenvalue weighted by molar-refractivity contribution is 0.146. The van der Waals surface area contributed by atoms with Gasteiger partial charge in [-0.1, -0.05) is 6.07 Å². The smallest absolute Gasteiger partial charge is 0.267 e. The van der Waals surface area contributed by atoms with Gasteiger partial charge in [-0.2, -0.15) is 0 Å². The molecule has 1 aromatic carbocycles. The van der Waals surface area contributed by atoms with Crippen molar-refractivity contribution in [2.45, 2.75) is 6.43 Å². The predicted molar refractivity (Wildman–Crippen MR) is 37.9 cm³/mol. The summed E-state index contributed by atoms with van der Waals surface area (Å²) in [6.07, 6.45) is -2.71. The number of methoxy groups -OCH3 is 1. The lowest BCUT2D eigenvalue weighted by atomic mass is 10.2. The molecule has 0 aliphatic carbocycles. The van der Waals surface area contributed by atoms with Gasteiger partial charge in [-0.15, -0.1) is 0 Å². The Labute approximate surface area is 67.8 Å². The fraction of sp³-hybridized carbons (Fsp3) is 0.250. The van der Waals surface area contributed by atoms with Crippen LogP contribution in [0.3, 0.4) is 0 Å². The molecule has 0 saturated carbocycles. The number of para-hydroxylation sites is 1. The van der Waals surface area contributed by atoms with Gasteiger partial charge in [0.05, 0.1) is 12.7 Å². The quantitative estimate of drug-likeness (QED) is 0.673. The van der Waals surface area contributed by atoms with Crippen LogP contribution in [0.1, 0.15) is 12.0 Å². The minimum Gasteiger partial charge on any atom is -0.493 e. The highest BCUT2D eigenvalue weighted by molar-refractivity contribution is 5.35. The van der Waals surface area contributed by atoms with Crippen LogP contribution in [-0.4, -0.2) is 7.11 Å². The van der Waals surface area contributed by atoms with E-state index in [0.29, 0.717) is 0 Å². The molecule has 0 N–H and O–H groups in total. The average Bonchev–Trinajstić information content (AvgIpc) is 2.03.